The molecule has 0 amide bonds. The van der Waals surface area contributed by atoms with Gasteiger partial charge in [-0.2, -0.15) is 4.72 Å². The highest BCUT2D eigenvalue weighted by Crippen LogP contribution is 2.16. The second-order valence-electron chi connectivity index (χ2n) is 4.98. The van der Waals surface area contributed by atoms with E-state index < -0.39 is 38.6 Å². The molecule has 1 rings (SSSR count). The van der Waals surface area contributed by atoms with Crippen LogP contribution in [0.3, 0.4) is 0 Å². The number of ether oxygens (including phenoxy) is 1. The van der Waals surface area contributed by atoms with Crippen LogP contribution in [0.1, 0.15) is 30.8 Å². The van der Waals surface area contributed by atoms with Crippen LogP contribution < -0.4 is 4.72 Å². The van der Waals surface area contributed by atoms with Crippen molar-refractivity contribution in [3.63, 3.8) is 0 Å². The molecule has 122 valence electrons. The Bertz CT molecular complexity index is 656. The lowest BCUT2D eigenvalue weighted by Crippen LogP contribution is -2.42. The maximum Gasteiger partial charge on any atom is 0.358 e. The number of methoxy groups -OCH3 is 1. The average Bonchev–Trinajstić information content (AvgIpc) is 2.45. The fourth-order valence-electron chi connectivity index (χ4n) is 1.78. The van der Waals surface area contributed by atoms with Gasteiger partial charge < -0.3 is 9.84 Å². The SMILES string of the molecule is COC(=O)c1ncccc1S(=O)(=O)N[C@H](CC(C)C)C(=O)O. The molecule has 0 bridgehead atoms. The zero-order valence-corrected chi connectivity index (χ0v) is 13.3. The number of carboxylic acids is 1. The van der Waals surface area contributed by atoms with Crippen molar-refractivity contribution in [2.75, 3.05) is 7.11 Å². The fraction of sp³-hybridized carbons (Fsp3) is 0.462. The van der Waals surface area contributed by atoms with Crippen molar-refractivity contribution in [2.24, 2.45) is 5.92 Å². The van der Waals surface area contributed by atoms with Crippen LogP contribution in [-0.4, -0.2) is 43.6 Å². The first kappa shape index (κ1) is 18.1. The first-order valence-electron chi connectivity index (χ1n) is 6.47. The first-order valence-corrected chi connectivity index (χ1v) is 7.95. The van der Waals surface area contributed by atoms with Gasteiger partial charge in [0.1, 0.15) is 10.9 Å². The fourth-order valence-corrected chi connectivity index (χ4v) is 3.13. The smallest absolute Gasteiger partial charge is 0.358 e. The number of carboxylic acid groups (broad SMARTS) is 1. The highest BCUT2D eigenvalue weighted by Gasteiger charge is 2.30. The molecule has 8 nitrogen and oxygen atoms in total. The maximum atomic E-state index is 12.3. The molecule has 1 aromatic rings. The summed E-state index contributed by atoms with van der Waals surface area (Å²) in [5.74, 6) is -2.24. The van der Waals surface area contributed by atoms with E-state index in [0.29, 0.717) is 0 Å². The molecule has 1 aromatic heterocycles. The molecule has 0 aliphatic carbocycles. The predicted octanol–water partition coefficient (Wildman–Crippen LogP) is 0.646. The number of hydrogen-bond donors (Lipinski definition) is 2. The average molecular weight is 330 g/mol. The number of aromatic nitrogens is 1. The molecule has 0 fully saturated rings. The van der Waals surface area contributed by atoms with Gasteiger partial charge in [-0.1, -0.05) is 13.8 Å². The number of rotatable bonds is 7. The topological polar surface area (TPSA) is 123 Å². The van der Waals surface area contributed by atoms with Gasteiger partial charge in [0, 0.05) is 6.20 Å². The molecule has 0 saturated carbocycles. The van der Waals surface area contributed by atoms with E-state index in [0.717, 1.165) is 13.2 Å². The van der Waals surface area contributed by atoms with E-state index in [9.17, 15) is 18.0 Å². The van der Waals surface area contributed by atoms with Crippen LogP contribution in [-0.2, 0) is 19.6 Å². The summed E-state index contributed by atoms with van der Waals surface area (Å²) in [5, 5.41) is 9.12. The number of aliphatic carboxylic acids is 1. The number of esters is 1. The van der Waals surface area contributed by atoms with Gasteiger partial charge in [-0.05, 0) is 24.5 Å². The van der Waals surface area contributed by atoms with Crippen LogP contribution in [0, 0.1) is 5.92 Å². The van der Waals surface area contributed by atoms with Gasteiger partial charge in [0.25, 0.3) is 0 Å². The molecule has 22 heavy (non-hydrogen) atoms. The molecule has 0 aliphatic rings. The summed E-state index contributed by atoms with van der Waals surface area (Å²) in [5.41, 5.74) is -0.397. The van der Waals surface area contributed by atoms with Gasteiger partial charge in [-0.25, -0.2) is 18.2 Å². The molecule has 0 spiro atoms. The highest BCUT2D eigenvalue weighted by molar-refractivity contribution is 7.89. The van der Waals surface area contributed by atoms with E-state index in [1.807, 2.05) is 0 Å². The zero-order chi connectivity index (χ0) is 16.9. The minimum atomic E-state index is -4.23. The Labute approximate surface area is 128 Å². The standard InChI is InChI=1S/C13H18N2O6S/c1-8(2)7-9(12(16)17)15-22(19,20)10-5-4-6-14-11(10)13(18)21-3/h4-6,8-9,15H,7H2,1-3H3,(H,16,17)/t9-/m1/s1. The molecule has 0 unspecified atom stereocenters. The summed E-state index contributed by atoms with van der Waals surface area (Å²) >= 11 is 0. The van der Waals surface area contributed by atoms with E-state index in [1.54, 1.807) is 13.8 Å². The van der Waals surface area contributed by atoms with E-state index in [-0.39, 0.29) is 12.3 Å². The maximum absolute atomic E-state index is 12.3. The minimum absolute atomic E-state index is 0.0298. The molecular formula is C13H18N2O6S. The van der Waals surface area contributed by atoms with E-state index >= 15 is 0 Å². The van der Waals surface area contributed by atoms with Crippen LogP contribution in [0.5, 0.6) is 0 Å². The number of hydrogen-bond acceptors (Lipinski definition) is 6. The van der Waals surface area contributed by atoms with E-state index in [1.165, 1.54) is 12.3 Å². The molecule has 9 heteroatoms. The molecule has 0 radical (unpaired) electrons. The summed E-state index contributed by atoms with van der Waals surface area (Å²) < 4.78 is 31.3. The normalized spacial score (nSPS) is 12.9. The van der Waals surface area contributed by atoms with Gasteiger partial charge in [0.15, 0.2) is 5.69 Å². The van der Waals surface area contributed by atoms with Crippen molar-refractivity contribution >= 4 is 22.0 Å². The Morgan fingerprint density at radius 1 is 1.41 bits per heavy atom. The zero-order valence-electron chi connectivity index (χ0n) is 12.4. The quantitative estimate of drug-likeness (QED) is 0.703. The lowest BCUT2D eigenvalue weighted by molar-refractivity contribution is -0.139. The lowest BCUT2D eigenvalue weighted by Gasteiger charge is -2.17. The van der Waals surface area contributed by atoms with E-state index in [4.69, 9.17) is 5.11 Å². The summed E-state index contributed by atoms with van der Waals surface area (Å²) in [7, 11) is -3.13. The Morgan fingerprint density at radius 3 is 2.55 bits per heavy atom. The van der Waals surface area contributed by atoms with Gasteiger partial charge in [0.2, 0.25) is 10.0 Å². The monoisotopic (exact) mass is 330 g/mol. The number of nitrogens with zero attached hydrogens (tertiary/aromatic N) is 1. The van der Waals surface area contributed by atoms with Gasteiger partial charge in [0.05, 0.1) is 7.11 Å². The van der Waals surface area contributed by atoms with Crippen LogP contribution >= 0.6 is 0 Å². The van der Waals surface area contributed by atoms with E-state index in [2.05, 4.69) is 14.4 Å². The summed E-state index contributed by atoms with van der Waals surface area (Å²) in [6.07, 6.45) is 1.36. The van der Waals surface area contributed by atoms with Crippen molar-refractivity contribution in [3.05, 3.63) is 24.0 Å². The summed E-state index contributed by atoms with van der Waals surface area (Å²) in [6, 6.07) is 1.20. The van der Waals surface area contributed by atoms with Crippen LogP contribution in [0.2, 0.25) is 0 Å². The predicted molar refractivity (Wildman–Crippen MR) is 76.8 cm³/mol. The summed E-state index contributed by atoms with van der Waals surface area (Å²) in [6.45, 7) is 3.54. The Morgan fingerprint density at radius 2 is 2.05 bits per heavy atom. The molecule has 2 N–H and O–H groups in total. The highest BCUT2D eigenvalue weighted by atomic mass is 32.2. The lowest BCUT2D eigenvalue weighted by atomic mass is 10.1. The van der Waals surface area contributed by atoms with Crippen LogP contribution in [0.4, 0.5) is 0 Å². The van der Waals surface area contributed by atoms with Crippen molar-refractivity contribution in [1.82, 2.24) is 9.71 Å². The Hall–Kier alpha value is -2.00. The number of carbonyl (C=O) groups excluding carboxylic acids is 1. The number of sulfonamides is 1. The first-order chi connectivity index (χ1) is 10.2. The third kappa shape index (κ3) is 4.50. The largest absolute Gasteiger partial charge is 0.480 e. The number of nitrogens with one attached hydrogen (secondary N) is 1. The van der Waals surface area contributed by atoms with Gasteiger partial charge in [-0.15, -0.1) is 0 Å². The van der Waals surface area contributed by atoms with Crippen molar-refractivity contribution in [3.8, 4) is 0 Å². The Balaban J connectivity index is 3.19. The molecule has 1 atom stereocenters. The van der Waals surface area contributed by atoms with Gasteiger partial charge in [-0.3, -0.25) is 4.79 Å². The third-order valence-corrected chi connectivity index (χ3v) is 4.24. The molecule has 1 heterocycles. The molecule has 0 saturated heterocycles. The third-order valence-electron chi connectivity index (χ3n) is 2.74. The molecule has 0 aliphatic heterocycles. The van der Waals surface area contributed by atoms with Crippen molar-refractivity contribution in [1.29, 1.82) is 0 Å². The molecular weight excluding hydrogens is 312 g/mol. The number of pyridine rings is 1. The minimum Gasteiger partial charge on any atom is -0.480 e. The number of carbonyl (C=O) groups is 2. The van der Waals surface area contributed by atoms with Crippen molar-refractivity contribution in [2.45, 2.75) is 31.2 Å². The Kier molecular flexibility index (Phi) is 6.01. The van der Waals surface area contributed by atoms with Gasteiger partial charge >= 0.3 is 11.9 Å². The second kappa shape index (κ2) is 7.32. The molecule has 0 aromatic carbocycles. The second-order valence-corrected chi connectivity index (χ2v) is 6.67. The van der Waals surface area contributed by atoms with Crippen LogP contribution in [0.15, 0.2) is 23.2 Å². The van der Waals surface area contributed by atoms with Crippen molar-refractivity contribution < 1.29 is 27.9 Å². The van der Waals surface area contributed by atoms with Crippen LogP contribution in [0.25, 0.3) is 0 Å². The summed E-state index contributed by atoms with van der Waals surface area (Å²) in [4.78, 5) is 26.0.